The second kappa shape index (κ2) is 3.75. The molecule has 72 valence electrons. The van der Waals surface area contributed by atoms with Crippen molar-refractivity contribution in [3.8, 4) is 0 Å². The fraction of sp³-hybridized carbons (Fsp3) is 1.00. The van der Waals surface area contributed by atoms with Crippen LogP contribution in [0.2, 0.25) is 0 Å². The maximum Gasteiger partial charge on any atom is 0.0263 e. The van der Waals surface area contributed by atoms with Crippen LogP contribution >= 0.6 is 0 Å². The van der Waals surface area contributed by atoms with E-state index < -0.39 is 0 Å². The summed E-state index contributed by atoms with van der Waals surface area (Å²) in [6, 6.07) is 1.51. The molecule has 0 aliphatic carbocycles. The van der Waals surface area contributed by atoms with Crippen LogP contribution in [0.15, 0.2) is 0 Å². The van der Waals surface area contributed by atoms with Gasteiger partial charge in [-0.15, -0.1) is 0 Å². The molecule has 1 saturated heterocycles. The van der Waals surface area contributed by atoms with Gasteiger partial charge < -0.3 is 4.90 Å². The molecule has 1 aliphatic heterocycles. The molecule has 2 atom stereocenters. The van der Waals surface area contributed by atoms with Gasteiger partial charge in [0, 0.05) is 25.2 Å². The molecule has 0 aromatic carbocycles. The lowest BCUT2D eigenvalue weighted by molar-refractivity contribution is -0.0151. The molecule has 0 amide bonds. The molecular weight excluding hydrogens is 148 g/mol. The van der Waals surface area contributed by atoms with E-state index in [9.17, 15) is 0 Å². The topological polar surface area (TPSA) is 6.48 Å². The first-order valence-electron chi connectivity index (χ1n) is 4.93. The highest BCUT2D eigenvalue weighted by atomic mass is 15.3. The van der Waals surface area contributed by atoms with Crippen molar-refractivity contribution < 1.29 is 0 Å². The van der Waals surface area contributed by atoms with Gasteiger partial charge in [-0.05, 0) is 33.9 Å². The van der Waals surface area contributed by atoms with Crippen molar-refractivity contribution in [2.45, 2.75) is 32.9 Å². The first-order valence-corrected chi connectivity index (χ1v) is 4.93. The average Bonchev–Trinajstić information content (AvgIpc) is 1.95. The van der Waals surface area contributed by atoms with Crippen LogP contribution in [0.25, 0.3) is 0 Å². The minimum Gasteiger partial charge on any atom is -0.308 e. The summed E-state index contributed by atoms with van der Waals surface area (Å²) in [7, 11) is 4.31. The highest BCUT2D eigenvalue weighted by Crippen LogP contribution is 2.26. The molecule has 1 aliphatic rings. The third kappa shape index (κ3) is 1.99. The van der Waals surface area contributed by atoms with Crippen molar-refractivity contribution in [2.24, 2.45) is 5.92 Å². The van der Waals surface area contributed by atoms with Crippen LogP contribution in [-0.4, -0.2) is 49.1 Å². The number of hydrogen-bond acceptors (Lipinski definition) is 2. The molecule has 0 radical (unpaired) electrons. The van der Waals surface area contributed by atoms with Crippen LogP contribution in [0.1, 0.15) is 20.8 Å². The minimum atomic E-state index is 0.714. The van der Waals surface area contributed by atoms with Gasteiger partial charge in [-0.3, -0.25) is 4.90 Å². The fourth-order valence-electron chi connectivity index (χ4n) is 2.03. The summed E-state index contributed by atoms with van der Waals surface area (Å²) in [6.07, 6.45) is 0. The van der Waals surface area contributed by atoms with Gasteiger partial charge in [-0.1, -0.05) is 6.92 Å². The van der Waals surface area contributed by atoms with Crippen molar-refractivity contribution in [3.05, 3.63) is 0 Å². The number of rotatable bonds is 3. The molecule has 1 fully saturated rings. The largest absolute Gasteiger partial charge is 0.308 e. The van der Waals surface area contributed by atoms with Gasteiger partial charge in [-0.25, -0.2) is 0 Å². The zero-order chi connectivity index (χ0) is 9.30. The third-order valence-electron chi connectivity index (χ3n) is 2.80. The molecule has 1 rings (SSSR count). The van der Waals surface area contributed by atoms with Crippen LogP contribution in [0.3, 0.4) is 0 Å². The second-order valence-corrected chi connectivity index (χ2v) is 4.60. The quantitative estimate of drug-likeness (QED) is 0.629. The van der Waals surface area contributed by atoms with Crippen LogP contribution in [0.4, 0.5) is 0 Å². The SMILES string of the molecule is CC1CN(C(C)C)C1CN(C)C. The van der Waals surface area contributed by atoms with E-state index in [-0.39, 0.29) is 0 Å². The van der Waals surface area contributed by atoms with Crippen molar-refractivity contribution in [2.75, 3.05) is 27.2 Å². The Bertz CT molecular complexity index is 143. The number of likely N-dealkylation sites (N-methyl/N-ethyl adjacent to an activating group) is 1. The molecule has 1 heterocycles. The predicted octanol–water partition coefficient (Wildman–Crippen LogP) is 1.28. The van der Waals surface area contributed by atoms with E-state index in [1.807, 2.05) is 0 Å². The van der Waals surface area contributed by atoms with Gasteiger partial charge in [0.1, 0.15) is 0 Å². The van der Waals surface area contributed by atoms with Crippen LogP contribution in [0.5, 0.6) is 0 Å². The van der Waals surface area contributed by atoms with E-state index in [2.05, 4.69) is 44.7 Å². The lowest BCUT2D eigenvalue weighted by Gasteiger charge is -2.50. The molecule has 0 bridgehead atoms. The maximum atomic E-state index is 2.59. The summed E-state index contributed by atoms with van der Waals surface area (Å²) in [4.78, 5) is 4.88. The summed E-state index contributed by atoms with van der Waals surface area (Å²) >= 11 is 0. The smallest absolute Gasteiger partial charge is 0.0263 e. The van der Waals surface area contributed by atoms with E-state index in [0.29, 0.717) is 6.04 Å². The first-order chi connectivity index (χ1) is 5.52. The Morgan fingerprint density at radius 3 is 2.33 bits per heavy atom. The van der Waals surface area contributed by atoms with Gasteiger partial charge in [-0.2, -0.15) is 0 Å². The van der Waals surface area contributed by atoms with E-state index in [4.69, 9.17) is 0 Å². The molecule has 2 nitrogen and oxygen atoms in total. The second-order valence-electron chi connectivity index (χ2n) is 4.60. The lowest BCUT2D eigenvalue weighted by atomic mass is 9.88. The van der Waals surface area contributed by atoms with Crippen molar-refractivity contribution >= 4 is 0 Å². The Morgan fingerprint density at radius 2 is 2.00 bits per heavy atom. The molecule has 2 heteroatoms. The van der Waals surface area contributed by atoms with E-state index >= 15 is 0 Å². The summed E-state index contributed by atoms with van der Waals surface area (Å²) in [5.41, 5.74) is 0. The zero-order valence-corrected chi connectivity index (χ0v) is 9.04. The fourth-order valence-corrected chi connectivity index (χ4v) is 2.03. The van der Waals surface area contributed by atoms with Gasteiger partial charge >= 0.3 is 0 Å². The maximum absolute atomic E-state index is 2.59. The van der Waals surface area contributed by atoms with Crippen molar-refractivity contribution in [1.29, 1.82) is 0 Å². The normalized spacial score (nSPS) is 31.2. The highest BCUT2D eigenvalue weighted by molar-refractivity contribution is 4.92. The Hall–Kier alpha value is -0.0800. The van der Waals surface area contributed by atoms with Crippen LogP contribution in [-0.2, 0) is 0 Å². The van der Waals surface area contributed by atoms with E-state index in [1.54, 1.807) is 0 Å². The summed E-state index contributed by atoms with van der Waals surface area (Å²) < 4.78 is 0. The van der Waals surface area contributed by atoms with E-state index in [0.717, 1.165) is 12.0 Å². The first kappa shape index (κ1) is 10.0. The Morgan fingerprint density at radius 1 is 1.42 bits per heavy atom. The summed E-state index contributed by atoms with van der Waals surface area (Å²) in [5, 5.41) is 0. The monoisotopic (exact) mass is 170 g/mol. The summed E-state index contributed by atoms with van der Waals surface area (Å²) in [5.74, 6) is 0.884. The van der Waals surface area contributed by atoms with Gasteiger partial charge in [0.05, 0.1) is 0 Å². The van der Waals surface area contributed by atoms with E-state index in [1.165, 1.54) is 13.1 Å². The molecule has 0 N–H and O–H groups in total. The highest BCUT2D eigenvalue weighted by Gasteiger charge is 2.36. The Labute approximate surface area is 76.5 Å². The molecule has 0 aromatic heterocycles. The van der Waals surface area contributed by atoms with Crippen molar-refractivity contribution in [1.82, 2.24) is 9.80 Å². The average molecular weight is 170 g/mol. The van der Waals surface area contributed by atoms with Gasteiger partial charge in [0.25, 0.3) is 0 Å². The zero-order valence-electron chi connectivity index (χ0n) is 9.04. The molecular formula is C10H22N2. The van der Waals surface area contributed by atoms with Gasteiger partial charge in [0.15, 0.2) is 0 Å². The Balaban J connectivity index is 2.39. The molecule has 12 heavy (non-hydrogen) atoms. The van der Waals surface area contributed by atoms with Crippen LogP contribution < -0.4 is 0 Å². The standard InChI is InChI=1S/C10H22N2/c1-8(2)12-6-9(3)10(12)7-11(4)5/h8-10H,6-7H2,1-5H3. The molecule has 0 spiro atoms. The molecule has 2 unspecified atom stereocenters. The molecule has 0 saturated carbocycles. The minimum absolute atomic E-state index is 0.714. The van der Waals surface area contributed by atoms with Gasteiger partial charge in [0.2, 0.25) is 0 Å². The number of hydrogen-bond donors (Lipinski definition) is 0. The third-order valence-corrected chi connectivity index (χ3v) is 2.80. The lowest BCUT2D eigenvalue weighted by Crippen LogP contribution is -2.61. The number of likely N-dealkylation sites (tertiary alicyclic amines) is 1. The molecule has 0 aromatic rings. The van der Waals surface area contributed by atoms with Crippen molar-refractivity contribution in [3.63, 3.8) is 0 Å². The Kier molecular flexibility index (Phi) is 3.13. The summed E-state index contributed by atoms with van der Waals surface area (Å²) in [6.45, 7) is 9.42. The predicted molar refractivity (Wildman–Crippen MR) is 53.3 cm³/mol. The van der Waals surface area contributed by atoms with Crippen LogP contribution in [0, 0.1) is 5.92 Å². The number of nitrogens with zero attached hydrogens (tertiary/aromatic N) is 2.